The minimum absolute atomic E-state index is 0.295. The van der Waals surface area contributed by atoms with E-state index in [9.17, 15) is 4.39 Å². The third kappa shape index (κ3) is 4.32. The fourth-order valence-electron chi connectivity index (χ4n) is 3.82. The molecule has 4 heterocycles. The Hall–Kier alpha value is -2.13. The molecule has 0 atom stereocenters. The molecule has 0 unspecified atom stereocenters. The summed E-state index contributed by atoms with van der Waals surface area (Å²) < 4.78 is 15.2. The highest BCUT2D eigenvalue weighted by molar-refractivity contribution is 7.17. The molecule has 0 aliphatic carbocycles. The number of pyridine rings is 1. The summed E-state index contributed by atoms with van der Waals surface area (Å²) in [6.45, 7) is 6.79. The minimum atomic E-state index is -0.316. The Balaban J connectivity index is 0.000000185. The second-order valence-electron chi connectivity index (χ2n) is 7.88. The van der Waals surface area contributed by atoms with Crippen LogP contribution >= 0.6 is 22.7 Å². The first kappa shape index (κ1) is 21.1. The minimum Gasteiger partial charge on any atom is -0.395 e. The van der Waals surface area contributed by atoms with Crippen molar-refractivity contribution in [1.82, 2.24) is 14.9 Å². The molecule has 1 aromatic carbocycles. The van der Waals surface area contributed by atoms with Gasteiger partial charge in [0.05, 0.1) is 28.2 Å². The molecule has 1 aliphatic rings. The first-order chi connectivity index (χ1) is 14.5. The van der Waals surface area contributed by atoms with Gasteiger partial charge in [0, 0.05) is 23.7 Å². The fraction of sp³-hybridized carbons (Fsp3) is 0.364. The van der Waals surface area contributed by atoms with Gasteiger partial charge in [-0.15, -0.1) is 22.7 Å². The van der Waals surface area contributed by atoms with Crippen molar-refractivity contribution < 1.29 is 9.50 Å². The van der Waals surface area contributed by atoms with Gasteiger partial charge in [-0.3, -0.25) is 4.90 Å². The van der Waals surface area contributed by atoms with Gasteiger partial charge in [0.2, 0.25) is 0 Å². The van der Waals surface area contributed by atoms with Gasteiger partial charge in [0.15, 0.2) is 5.82 Å². The molecule has 1 saturated heterocycles. The number of benzene rings is 1. The number of fused-ring (bicyclic) bond motifs is 2. The number of thiophene rings is 1. The molecule has 4 aromatic rings. The van der Waals surface area contributed by atoms with Gasteiger partial charge in [-0.05, 0) is 62.9 Å². The largest absolute Gasteiger partial charge is 0.395 e. The molecule has 0 amide bonds. The highest BCUT2D eigenvalue weighted by Gasteiger charge is 2.30. The second-order valence-corrected chi connectivity index (χ2v) is 9.66. The summed E-state index contributed by atoms with van der Waals surface area (Å²) in [5.74, 6) is -0.316. The van der Waals surface area contributed by atoms with Crippen LogP contribution in [0.2, 0.25) is 0 Å². The van der Waals surface area contributed by atoms with Crippen LogP contribution in [0.4, 0.5) is 15.8 Å². The molecule has 0 radical (unpaired) electrons. The van der Waals surface area contributed by atoms with Crippen molar-refractivity contribution in [2.75, 3.05) is 25.0 Å². The van der Waals surface area contributed by atoms with Crippen LogP contribution in [0.1, 0.15) is 26.7 Å². The SMILES string of the molecule is CC1(C)CCCN1CCO.Fc1c(Nc2ccnc3sccc23)ccc2scnc12. The topological polar surface area (TPSA) is 61.3 Å². The Morgan fingerprint density at radius 3 is 2.80 bits per heavy atom. The van der Waals surface area contributed by atoms with Crippen molar-refractivity contribution in [3.05, 3.63) is 47.2 Å². The number of thiazole rings is 1. The maximum Gasteiger partial charge on any atom is 0.173 e. The van der Waals surface area contributed by atoms with Crippen LogP contribution in [0, 0.1) is 5.82 Å². The first-order valence-corrected chi connectivity index (χ1v) is 11.7. The maximum absolute atomic E-state index is 14.4. The van der Waals surface area contributed by atoms with E-state index in [1.54, 1.807) is 29.1 Å². The van der Waals surface area contributed by atoms with E-state index in [-0.39, 0.29) is 5.82 Å². The molecular formula is C22H25FN4OS2. The first-order valence-electron chi connectivity index (χ1n) is 9.96. The van der Waals surface area contributed by atoms with Crippen molar-refractivity contribution in [3.63, 3.8) is 0 Å². The van der Waals surface area contributed by atoms with E-state index >= 15 is 0 Å². The van der Waals surface area contributed by atoms with Gasteiger partial charge < -0.3 is 10.4 Å². The summed E-state index contributed by atoms with van der Waals surface area (Å²) in [4.78, 5) is 11.6. The lowest BCUT2D eigenvalue weighted by Crippen LogP contribution is -2.39. The van der Waals surface area contributed by atoms with E-state index in [0.29, 0.717) is 23.3 Å². The average molecular weight is 445 g/mol. The summed E-state index contributed by atoms with van der Waals surface area (Å²) in [6, 6.07) is 7.45. The van der Waals surface area contributed by atoms with Gasteiger partial charge >= 0.3 is 0 Å². The summed E-state index contributed by atoms with van der Waals surface area (Å²) in [5.41, 5.74) is 3.69. The standard InChI is InChI=1S/C14H8FN3S2.C8H17NO/c15-12-10(1-2-11-13(12)17-7-20-11)18-9-3-5-16-14-8(9)4-6-19-14;1-8(2)4-3-5-9(8)6-7-10/h1-7H,(H,16,18);10H,3-7H2,1-2H3. The highest BCUT2D eigenvalue weighted by Crippen LogP contribution is 2.32. The number of nitrogens with zero attached hydrogens (tertiary/aromatic N) is 3. The number of aliphatic hydroxyl groups excluding tert-OH is 1. The van der Waals surface area contributed by atoms with E-state index in [1.165, 1.54) is 24.2 Å². The van der Waals surface area contributed by atoms with Crippen LogP contribution < -0.4 is 5.32 Å². The number of nitrogens with one attached hydrogen (secondary N) is 1. The lowest BCUT2D eigenvalue weighted by Gasteiger charge is -2.30. The van der Waals surface area contributed by atoms with Gasteiger partial charge in [0.1, 0.15) is 10.3 Å². The monoisotopic (exact) mass is 444 g/mol. The molecule has 3 aromatic heterocycles. The number of aliphatic hydroxyl groups is 1. The van der Waals surface area contributed by atoms with E-state index in [4.69, 9.17) is 5.11 Å². The summed E-state index contributed by atoms with van der Waals surface area (Å²) in [6.07, 6.45) is 4.28. The fourth-order valence-corrected chi connectivity index (χ4v) is 5.25. The normalized spacial score (nSPS) is 16.0. The van der Waals surface area contributed by atoms with Crippen LogP contribution in [0.15, 0.2) is 41.4 Å². The molecule has 0 saturated carbocycles. The number of aromatic nitrogens is 2. The molecule has 2 N–H and O–H groups in total. The lowest BCUT2D eigenvalue weighted by atomic mass is 10.0. The van der Waals surface area contributed by atoms with Crippen LogP contribution in [0.5, 0.6) is 0 Å². The number of halogens is 1. The lowest BCUT2D eigenvalue weighted by molar-refractivity contribution is 0.136. The van der Waals surface area contributed by atoms with Crippen molar-refractivity contribution >= 4 is 54.5 Å². The molecule has 1 aliphatic heterocycles. The van der Waals surface area contributed by atoms with Gasteiger partial charge in [-0.1, -0.05) is 0 Å². The Bertz CT molecular complexity index is 1140. The molecule has 5 nitrogen and oxygen atoms in total. The maximum atomic E-state index is 14.4. The number of likely N-dealkylation sites (tertiary alicyclic amines) is 1. The summed E-state index contributed by atoms with van der Waals surface area (Å²) >= 11 is 3.00. The number of β-amino-alcohol motifs (C(OH)–C–C–N with tert-alkyl or cyclic N) is 1. The van der Waals surface area contributed by atoms with Crippen LogP contribution in [-0.4, -0.2) is 45.2 Å². The smallest absolute Gasteiger partial charge is 0.173 e. The Kier molecular flexibility index (Phi) is 6.29. The Morgan fingerprint density at radius 1 is 1.17 bits per heavy atom. The van der Waals surface area contributed by atoms with Crippen molar-refractivity contribution in [1.29, 1.82) is 0 Å². The summed E-state index contributed by atoms with van der Waals surface area (Å²) in [5, 5.41) is 14.8. The number of rotatable bonds is 4. The molecule has 30 heavy (non-hydrogen) atoms. The van der Waals surface area contributed by atoms with Crippen LogP contribution in [-0.2, 0) is 0 Å². The molecular weight excluding hydrogens is 419 g/mol. The van der Waals surface area contributed by atoms with E-state index in [2.05, 4.69) is 34.0 Å². The molecule has 158 valence electrons. The van der Waals surface area contributed by atoms with Crippen molar-refractivity contribution in [2.45, 2.75) is 32.2 Å². The quantitative estimate of drug-likeness (QED) is 0.426. The zero-order chi connectivity index (χ0) is 21.1. The van der Waals surface area contributed by atoms with E-state index < -0.39 is 0 Å². The molecule has 0 spiro atoms. The van der Waals surface area contributed by atoms with Crippen LogP contribution in [0.3, 0.4) is 0 Å². The molecule has 0 bridgehead atoms. The van der Waals surface area contributed by atoms with Gasteiger partial charge in [-0.2, -0.15) is 0 Å². The zero-order valence-corrected chi connectivity index (χ0v) is 18.7. The number of hydrogen-bond acceptors (Lipinski definition) is 7. The number of anilines is 2. The molecule has 8 heteroatoms. The third-order valence-corrected chi connectivity index (χ3v) is 7.14. The highest BCUT2D eigenvalue weighted by atomic mass is 32.1. The second kappa shape index (κ2) is 8.93. The third-order valence-electron chi connectivity index (χ3n) is 5.52. The van der Waals surface area contributed by atoms with E-state index in [0.717, 1.165) is 33.7 Å². The molecule has 1 fully saturated rings. The molecule has 5 rings (SSSR count). The Morgan fingerprint density at radius 2 is 2.03 bits per heavy atom. The van der Waals surface area contributed by atoms with Crippen LogP contribution in [0.25, 0.3) is 20.4 Å². The van der Waals surface area contributed by atoms with Gasteiger partial charge in [0.25, 0.3) is 0 Å². The van der Waals surface area contributed by atoms with Crippen molar-refractivity contribution in [3.8, 4) is 0 Å². The Labute approximate surface area is 183 Å². The average Bonchev–Trinajstić information content (AvgIpc) is 3.45. The predicted octanol–water partition coefficient (Wildman–Crippen LogP) is 5.64. The zero-order valence-electron chi connectivity index (χ0n) is 17.1. The van der Waals surface area contributed by atoms with Gasteiger partial charge in [-0.25, -0.2) is 14.4 Å². The van der Waals surface area contributed by atoms with Crippen molar-refractivity contribution in [2.24, 2.45) is 0 Å². The predicted molar refractivity (Wildman–Crippen MR) is 124 cm³/mol. The van der Waals surface area contributed by atoms with E-state index in [1.807, 2.05) is 23.6 Å². The number of hydrogen-bond donors (Lipinski definition) is 2. The summed E-state index contributed by atoms with van der Waals surface area (Å²) in [7, 11) is 0.